The van der Waals surface area contributed by atoms with Crippen molar-refractivity contribution in [2.24, 2.45) is 5.92 Å². The minimum absolute atomic E-state index is 0.154. The van der Waals surface area contributed by atoms with Gasteiger partial charge >= 0.3 is 6.09 Å². The number of nitrogens with one attached hydrogen (secondary N) is 2. The van der Waals surface area contributed by atoms with Crippen molar-refractivity contribution in [3.63, 3.8) is 0 Å². The normalized spacial score (nSPS) is 18.8. The molecule has 1 saturated carbocycles. The highest BCUT2D eigenvalue weighted by Crippen LogP contribution is 2.25. The van der Waals surface area contributed by atoms with E-state index in [0.717, 1.165) is 49.9 Å². The molecule has 27 heavy (non-hydrogen) atoms. The Hall–Kier alpha value is -2.24. The molecule has 1 aromatic carbocycles. The Morgan fingerprint density at radius 1 is 1.00 bits per heavy atom. The highest BCUT2D eigenvalue weighted by molar-refractivity contribution is 5.92. The fourth-order valence-corrected chi connectivity index (χ4v) is 3.92. The summed E-state index contributed by atoms with van der Waals surface area (Å²) in [4.78, 5) is 25.9. The van der Waals surface area contributed by atoms with Gasteiger partial charge in [0.2, 0.25) is 5.91 Å². The van der Waals surface area contributed by atoms with Gasteiger partial charge in [0.15, 0.2) is 0 Å². The van der Waals surface area contributed by atoms with Crippen molar-refractivity contribution >= 4 is 23.4 Å². The maximum atomic E-state index is 12.3. The average Bonchev–Trinajstić information content (AvgIpc) is 2.71. The number of carbonyl (C=O) groups excluding carboxylic acids is 2. The second-order valence-electron chi connectivity index (χ2n) is 7.51. The number of hydrogen-bond acceptors (Lipinski definition) is 4. The van der Waals surface area contributed by atoms with Crippen LogP contribution in [0, 0.1) is 5.92 Å². The number of rotatable bonds is 5. The SMILES string of the molecule is CCOC(=O)N1CCC(Nc2ccc(NC(=O)C3CCCCC3)cc2)CC1. The molecule has 1 aliphatic carbocycles. The van der Waals surface area contributed by atoms with E-state index in [-0.39, 0.29) is 17.9 Å². The molecule has 1 saturated heterocycles. The van der Waals surface area contributed by atoms with Crippen LogP contribution in [0.15, 0.2) is 24.3 Å². The van der Waals surface area contributed by atoms with Gasteiger partial charge in [-0.05, 0) is 56.9 Å². The number of ether oxygens (including phenoxy) is 1. The van der Waals surface area contributed by atoms with E-state index < -0.39 is 0 Å². The minimum atomic E-state index is -0.214. The molecule has 0 aromatic heterocycles. The summed E-state index contributed by atoms with van der Waals surface area (Å²) < 4.78 is 5.06. The summed E-state index contributed by atoms with van der Waals surface area (Å²) in [6, 6.07) is 8.27. The van der Waals surface area contributed by atoms with Crippen molar-refractivity contribution in [3.05, 3.63) is 24.3 Å². The molecule has 1 aliphatic heterocycles. The molecule has 0 radical (unpaired) electrons. The van der Waals surface area contributed by atoms with E-state index in [9.17, 15) is 9.59 Å². The van der Waals surface area contributed by atoms with Gasteiger partial charge in [-0.3, -0.25) is 4.79 Å². The predicted molar refractivity (Wildman–Crippen MR) is 107 cm³/mol. The Kier molecular flexibility index (Phi) is 6.96. The van der Waals surface area contributed by atoms with Gasteiger partial charge in [-0.2, -0.15) is 0 Å². The number of nitrogens with zero attached hydrogens (tertiary/aromatic N) is 1. The van der Waals surface area contributed by atoms with Crippen molar-refractivity contribution in [2.75, 3.05) is 30.3 Å². The van der Waals surface area contributed by atoms with Crippen LogP contribution in [0.5, 0.6) is 0 Å². The molecule has 0 unspecified atom stereocenters. The summed E-state index contributed by atoms with van der Waals surface area (Å²) in [7, 11) is 0. The molecule has 0 bridgehead atoms. The summed E-state index contributed by atoms with van der Waals surface area (Å²) >= 11 is 0. The molecular formula is C21H31N3O3. The van der Waals surface area contributed by atoms with E-state index in [4.69, 9.17) is 4.74 Å². The van der Waals surface area contributed by atoms with Gasteiger partial charge in [0.05, 0.1) is 6.61 Å². The Bertz CT molecular complexity index is 618. The topological polar surface area (TPSA) is 70.7 Å². The van der Waals surface area contributed by atoms with Crippen molar-refractivity contribution < 1.29 is 14.3 Å². The fourth-order valence-electron chi connectivity index (χ4n) is 3.92. The van der Waals surface area contributed by atoms with Gasteiger partial charge in [-0.15, -0.1) is 0 Å². The first-order chi connectivity index (χ1) is 13.2. The van der Waals surface area contributed by atoms with Crippen molar-refractivity contribution in [2.45, 2.75) is 57.9 Å². The number of piperidine rings is 1. The summed E-state index contributed by atoms with van der Waals surface area (Å²) in [5.41, 5.74) is 1.90. The summed E-state index contributed by atoms with van der Waals surface area (Å²) in [6.45, 7) is 3.67. The van der Waals surface area contributed by atoms with E-state index in [0.29, 0.717) is 25.7 Å². The second kappa shape index (κ2) is 9.62. The Morgan fingerprint density at radius 3 is 2.26 bits per heavy atom. The van der Waals surface area contributed by atoms with Gasteiger partial charge in [0, 0.05) is 36.4 Å². The molecule has 6 nitrogen and oxygen atoms in total. The maximum Gasteiger partial charge on any atom is 0.409 e. The smallest absolute Gasteiger partial charge is 0.409 e. The number of benzene rings is 1. The third-order valence-electron chi connectivity index (χ3n) is 5.52. The van der Waals surface area contributed by atoms with Gasteiger partial charge in [-0.25, -0.2) is 4.79 Å². The van der Waals surface area contributed by atoms with Crippen LogP contribution < -0.4 is 10.6 Å². The summed E-state index contributed by atoms with van der Waals surface area (Å²) in [5, 5.41) is 6.57. The van der Waals surface area contributed by atoms with E-state index in [1.54, 1.807) is 4.90 Å². The number of anilines is 2. The first kappa shape index (κ1) is 19.5. The largest absolute Gasteiger partial charge is 0.450 e. The number of hydrogen-bond donors (Lipinski definition) is 2. The van der Waals surface area contributed by atoms with E-state index >= 15 is 0 Å². The van der Waals surface area contributed by atoms with Crippen LogP contribution >= 0.6 is 0 Å². The number of likely N-dealkylation sites (tertiary alicyclic amines) is 1. The minimum Gasteiger partial charge on any atom is -0.450 e. The Labute approximate surface area is 161 Å². The summed E-state index contributed by atoms with van der Waals surface area (Å²) in [5.74, 6) is 0.322. The molecule has 0 spiro atoms. The molecule has 2 N–H and O–H groups in total. The quantitative estimate of drug-likeness (QED) is 0.810. The van der Waals surface area contributed by atoms with Gasteiger partial charge in [0.25, 0.3) is 0 Å². The lowest BCUT2D eigenvalue weighted by Crippen LogP contribution is -2.42. The molecule has 2 amide bonds. The molecular weight excluding hydrogens is 342 g/mol. The first-order valence-corrected chi connectivity index (χ1v) is 10.2. The molecule has 148 valence electrons. The van der Waals surface area contributed by atoms with Gasteiger partial charge < -0.3 is 20.3 Å². The monoisotopic (exact) mass is 373 g/mol. The highest BCUT2D eigenvalue weighted by Gasteiger charge is 2.23. The van der Waals surface area contributed by atoms with Crippen LogP contribution in [0.1, 0.15) is 51.9 Å². The lowest BCUT2D eigenvalue weighted by Gasteiger charge is -2.32. The van der Waals surface area contributed by atoms with Crippen molar-refractivity contribution in [1.29, 1.82) is 0 Å². The first-order valence-electron chi connectivity index (χ1n) is 10.2. The number of amides is 2. The zero-order chi connectivity index (χ0) is 19.1. The van der Waals surface area contributed by atoms with Gasteiger partial charge in [-0.1, -0.05) is 19.3 Å². The average molecular weight is 373 g/mol. The third-order valence-corrected chi connectivity index (χ3v) is 5.52. The van der Waals surface area contributed by atoms with Gasteiger partial charge in [0.1, 0.15) is 0 Å². The van der Waals surface area contributed by atoms with Crippen LogP contribution in [-0.2, 0) is 9.53 Å². The van der Waals surface area contributed by atoms with Crippen LogP contribution in [0.4, 0.5) is 16.2 Å². The standard InChI is InChI=1S/C21H31N3O3/c1-2-27-21(26)24-14-12-19(13-15-24)22-17-8-10-18(11-9-17)23-20(25)16-6-4-3-5-7-16/h8-11,16,19,22H,2-7,12-15H2,1H3,(H,23,25). The molecule has 6 heteroatoms. The third kappa shape index (κ3) is 5.62. The molecule has 3 rings (SSSR count). The molecule has 1 heterocycles. The molecule has 2 aliphatic rings. The second-order valence-corrected chi connectivity index (χ2v) is 7.51. The lowest BCUT2D eigenvalue weighted by atomic mass is 9.88. The highest BCUT2D eigenvalue weighted by atomic mass is 16.6. The molecule has 0 atom stereocenters. The molecule has 2 fully saturated rings. The van der Waals surface area contributed by atoms with Crippen LogP contribution in [0.3, 0.4) is 0 Å². The molecule has 1 aromatic rings. The summed E-state index contributed by atoms with van der Waals surface area (Å²) in [6.07, 6.45) is 7.19. The van der Waals surface area contributed by atoms with E-state index in [1.165, 1.54) is 6.42 Å². The zero-order valence-electron chi connectivity index (χ0n) is 16.2. The van der Waals surface area contributed by atoms with Crippen molar-refractivity contribution in [3.8, 4) is 0 Å². The lowest BCUT2D eigenvalue weighted by molar-refractivity contribution is -0.120. The van der Waals surface area contributed by atoms with E-state index in [1.807, 2.05) is 31.2 Å². The fraction of sp³-hybridized carbons (Fsp3) is 0.619. The Balaban J connectivity index is 1.44. The van der Waals surface area contributed by atoms with Crippen LogP contribution in [0.25, 0.3) is 0 Å². The number of carbonyl (C=O) groups is 2. The van der Waals surface area contributed by atoms with Crippen molar-refractivity contribution in [1.82, 2.24) is 4.90 Å². The van der Waals surface area contributed by atoms with Crippen LogP contribution in [0.2, 0.25) is 0 Å². The van der Waals surface area contributed by atoms with E-state index in [2.05, 4.69) is 10.6 Å². The predicted octanol–water partition coefficient (Wildman–Crippen LogP) is 4.24. The maximum absolute atomic E-state index is 12.3. The zero-order valence-corrected chi connectivity index (χ0v) is 16.2. The Morgan fingerprint density at radius 2 is 1.63 bits per heavy atom. The van der Waals surface area contributed by atoms with Crippen LogP contribution in [-0.4, -0.2) is 42.6 Å².